The first-order chi connectivity index (χ1) is 7.05. The van der Waals surface area contributed by atoms with Crippen LogP contribution in [0, 0.1) is 0 Å². The van der Waals surface area contributed by atoms with E-state index in [1.807, 2.05) is 6.92 Å². The van der Waals surface area contributed by atoms with E-state index in [1.54, 1.807) is 0 Å². The Labute approximate surface area is 92.3 Å². The third kappa shape index (κ3) is 2.68. The van der Waals surface area contributed by atoms with Crippen molar-refractivity contribution in [3.8, 4) is 0 Å². The number of hydrogen-bond acceptors (Lipinski definition) is 5. The molecule has 1 aliphatic rings. The van der Waals surface area contributed by atoms with Crippen LogP contribution in [0.2, 0.25) is 0 Å². The summed E-state index contributed by atoms with van der Waals surface area (Å²) in [6.07, 6.45) is 0.854. The zero-order valence-electron chi connectivity index (χ0n) is 9.87. The van der Waals surface area contributed by atoms with Gasteiger partial charge in [0.05, 0.1) is 5.66 Å². The van der Waals surface area contributed by atoms with E-state index in [0.29, 0.717) is 6.54 Å². The molecule has 90 valence electrons. The standard InChI is InChI=1S/C10H25N5/c1-3-10(13,7-11)15-5-4-14-6-9(15)8(2)12/h8-9,14H,3-7,11-13H2,1-2H3. The number of nitrogens with zero attached hydrogens (tertiary/aromatic N) is 1. The van der Waals surface area contributed by atoms with Gasteiger partial charge in [-0.15, -0.1) is 0 Å². The highest BCUT2D eigenvalue weighted by molar-refractivity contribution is 4.95. The molecule has 0 aliphatic carbocycles. The minimum absolute atomic E-state index is 0.110. The van der Waals surface area contributed by atoms with E-state index >= 15 is 0 Å². The van der Waals surface area contributed by atoms with Crippen LogP contribution in [-0.4, -0.2) is 48.8 Å². The molecule has 0 amide bonds. The van der Waals surface area contributed by atoms with E-state index in [4.69, 9.17) is 17.2 Å². The fourth-order valence-corrected chi connectivity index (χ4v) is 2.21. The topological polar surface area (TPSA) is 93.3 Å². The highest BCUT2D eigenvalue weighted by atomic mass is 15.3. The van der Waals surface area contributed by atoms with Gasteiger partial charge in [0.1, 0.15) is 0 Å². The van der Waals surface area contributed by atoms with Gasteiger partial charge in [-0.3, -0.25) is 4.90 Å². The lowest BCUT2D eigenvalue weighted by molar-refractivity contribution is 0.0222. The third-order valence-electron chi connectivity index (χ3n) is 3.43. The zero-order valence-corrected chi connectivity index (χ0v) is 9.87. The predicted molar refractivity (Wildman–Crippen MR) is 63.3 cm³/mol. The van der Waals surface area contributed by atoms with Crippen molar-refractivity contribution in [3.63, 3.8) is 0 Å². The number of hydrogen-bond donors (Lipinski definition) is 4. The molecule has 0 aromatic heterocycles. The van der Waals surface area contributed by atoms with Crippen molar-refractivity contribution in [1.82, 2.24) is 10.2 Å². The lowest BCUT2D eigenvalue weighted by atomic mass is 9.98. The van der Waals surface area contributed by atoms with Gasteiger partial charge in [-0.05, 0) is 13.3 Å². The van der Waals surface area contributed by atoms with Crippen molar-refractivity contribution in [2.45, 2.75) is 38.0 Å². The van der Waals surface area contributed by atoms with E-state index < -0.39 is 5.66 Å². The second-order valence-electron chi connectivity index (χ2n) is 4.49. The van der Waals surface area contributed by atoms with Gasteiger partial charge in [-0.25, -0.2) is 0 Å². The maximum Gasteiger partial charge on any atom is 0.0814 e. The van der Waals surface area contributed by atoms with Crippen LogP contribution >= 0.6 is 0 Å². The second-order valence-corrected chi connectivity index (χ2v) is 4.49. The Hall–Kier alpha value is -0.200. The molecular weight excluding hydrogens is 190 g/mol. The van der Waals surface area contributed by atoms with E-state index in [-0.39, 0.29) is 12.1 Å². The summed E-state index contributed by atoms with van der Waals surface area (Å²) in [4.78, 5) is 2.27. The molecule has 1 saturated heterocycles. The smallest absolute Gasteiger partial charge is 0.0814 e. The lowest BCUT2D eigenvalue weighted by Gasteiger charge is -2.48. The Morgan fingerprint density at radius 3 is 2.73 bits per heavy atom. The molecule has 1 aliphatic heterocycles. The van der Waals surface area contributed by atoms with Crippen molar-refractivity contribution in [2.75, 3.05) is 26.2 Å². The Balaban J connectivity index is 2.78. The molecule has 5 heteroatoms. The van der Waals surface area contributed by atoms with Gasteiger partial charge in [0.2, 0.25) is 0 Å². The van der Waals surface area contributed by atoms with Crippen molar-refractivity contribution in [3.05, 3.63) is 0 Å². The average molecular weight is 215 g/mol. The van der Waals surface area contributed by atoms with Gasteiger partial charge in [-0.1, -0.05) is 6.92 Å². The fraction of sp³-hybridized carbons (Fsp3) is 1.00. The SMILES string of the molecule is CCC(N)(CN)N1CCNCC1C(C)N. The molecule has 1 rings (SSSR count). The van der Waals surface area contributed by atoms with Gasteiger partial charge in [-0.2, -0.15) is 0 Å². The summed E-state index contributed by atoms with van der Waals surface area (Å²) in [6.45, 7) is 7.36. The first-order valence-electron chi connectivity index (χ1n) is 5.77. The maximum atomic E-state index is 6.32. The molecule has 0 radical (unpaired) electrons. The first-order valence-corrected chi connectivity index (χ1v) is 5.77. The van der Waals surface area contributed by atoms with Crippen LogP contribution in [0.25, 0.3) is 0 Å². The van der Waals surface area contributed by atoms with Crippen LogP contribution in [0.3, 0.4) is 0 Å². The van der Waals surface area contributed by atoms with Crippen LogP contribution in [0.15, 0.2) is 0 Å². The molecule has 1 fully saturated rings. The van der Waals surface area contributed by atoms with E-state index in [1.165, 1.54) is 0 Å². The van der Waals surface area contributed by atoms with Gasteiger partial charge in [0.15, 0.2) is 0 Å². The summed E-state index contributed by atoms with van der Waals surface area (Å²) >= 11 is 0. The molecule has 0 bridgehead atoms. The molecular formula is C10H25N5. The Kier molecular flexibility index (Phi) is 4.48. The third-order valence-corrected chi connectivity index (χ3v) is 3.43. The van der Waals surface area contributed by atoms with Crippen molar-refractivity contribution in [2.24, 2.45) is 17.2 Å². The molecule has 0 saturated carbocycles. The van der Waals surface area contributed by atoms with Crippen molar-refractivity contribution >= 4 is 0 Å². The number of piperazine rings is 1. The summed E-state index contributed by atoms with van der Waals surface area (Å²) in [7, 11) is 0. The number of nitrogens with two attached hydrogens (primary N) is 3. The summed E-state index contributed by atoms with van der Waals surface area (Å²) < 4.78 is 0. The second kappa shape index (κ2) is 5.23. The Morgan fingerprint density at radius 2 is 2.27 bits per heavy atom. The minimum Gasteiger partial charge on any atom is -0.328 e. The highest BCUT2D eigenvalue weighted by Crippen LogP contribution is 2.18. The van der Waals surface area contributed by atoms with Crippen LogP contribution in [0.4, 0.5) is 0 Å². The molecule has 0 aromatic rings. The molecule has 1 heterocycles. The fourth-order valence-electron chi connectivity index (χ4n) is 2.21. The lowest BCUT2D eigenvalue weighted by Crippen LogP contribution is -2.71. The molecule has 3 unspecified atom stereocenters. The quantitative estimate of drug-likeness (QED) is 0.464. The van der Waals surface area contributed by atoms with E-state index in [2.05, 4.69) is 17.1 Å². The monoisotopic (exact) mass is 215 g/mol. The summed E-state index contributed by atoms with van der Waals surface area (Å²) in [5.74, 6) is 0. The van der Waals surface area contributed by atoms with Crippen molar-refractivity contribution < 1.29 is 0 Å². The largest absolute Gasteiger partial charge is 0.328 e. The van der Waals surface area contributed by atoms with Crippen LogP contribution < -0.4 is 22.5 Å². The van der Waals surface area contributed by atoms with Crippen molar-refractivity contribution in [1.29, 1.82) is 0 Å². The molecule has 15 heavy (non-hydrogen) atoms. The van der Waals surface area contributed by atoms with E-state index in [0.717, 1.165) is 26.1 Å². The molecule has 5 nitrogen and oxygen atoms in total. The van der Waals surface area contributed by atoms with Gasteiger partial charge in [0.25, 0.3) is 0 Å². The maximum absolute atomic E-state index is 6.32. The highest BCUT2D eigenvalue weighted by Gasteiger charge is 2.37. The Morgan fingerprint density at radius 1 is 1.60 bits per heavy atom. The molecule has 3 atom stereocenters. The zero-order chi connectivity index (χ0) is 11.5. The van der Waals surface area contributed by atoms with Crippen LogP contribution in [0.1, 0.15) is 20.3 Å². The molecule has 7 N–H and O–H groups in total. The first kappa shape index (κ1) is 12.9. The average Bonchev–Trinajstić information content (AvgIpc) is 2.28. The summed E-state index contributed by atoms with van der Waals surface area (Å²) in [5.41, 5.74) is 17.7. The minimum atomic E-state index is -0.402. The van der Waals surface area contributed by atoms with E-state index in [9.17, 15) is 0 Å². The van der Waals surface area contributed by atoms with Gasteiger partial charge < -0.3 is 22.5 Å². The number of nitrogens with one attached hydrogen (secondary N) is 1. The van der Waals surface area contributed by atoms with Gasteiger partial charge >= 0.3 is 0 Å². The summed E-state index contributed by atoms with van der Waals surface area (Å²) in [6, 6.07) is 0.395. The predicted octanol–water partition coefficient (Wildman–Crippen LogP) is -1.37. The molecule has 0 spiro atoms. The number of rotatable bonds is 4. The molecule has 0 aromatic carbocycles. The summed E-state index contributed by atoms with van der Waals surface area (Å²) in [5, 5.41) is 3.35. The van der Waals surface area contributed by atoms with Crippen LogP contribution in [0.5, 0.6) is 0 Å². The van der Waals surface area contributed by atoms with Gasteiger partial charge in [0, 0.05) is 38.3 Å². The normalized spacial score (nSPS) is 29.8. The van der Waals surface area contributed by atoms with Crippen LogP contribution in [-0.2, 0) is 0 Å². The Bertz CT molecular complexity index is 190.